The number of H-pyrrole nitrogens is 1. The van der Waals surface area contributed by atoms with Crippen molar-refractivity contribution in [2.24, 2.45) is 0 Å². The third kappa shape index (κ3) is 4.54. The number of likely N-dealkylation sites (tertiary alicyclic amines) is 1. The zero-order valence-corrected chi connectivity index (χ0v) is 13.3. The summed E-state index contributed by atoms with van der Waals surface area (Å²) >= 11 is 0. The highest BCUT2D eigenvalue weighted by Crippen LogP contribution is 2.27. The molecule has 2 heterocycles. The number of nitrogens with zero attached hydrogens (tertiary/aromatic N) is 3. The van der Waals surface area contributed by atoms with Gasteiger partial charge < -0.3 is 14.5 Å². The quantitative estimate of drug-likeness (QED) is 0.857. The van der Waals surface area contributed by atoms with Crippen molar-refractivity contribution in [1.82, 2.24) is 20.0 Å². The van der Waals surface area contributed by atoms with Crippen molar-refractivity contribution in [3.8, 4) is 0 Å². The monoisotopic (exact) mass is 294 g/mol. The zero-order valence-electron chi connectivity index (χ0n) is 13.3. The molecule has 0 aromatic carbocycles. The molecule has 1 N–H and O–H groups in total. The molecule has 1 saturated heterocycles. The van der Waals surface area contributed by atoms with Gasteiger partial charge in [-0.3, -0.25) is 9.89 Å². The van der Waals surface area contributed by atoms with E-state index in [0.717, 1.165) is 43.9 Å². The number of amides is 1. The Morgan fingerprint density at radius 3 is 2.81 bits per heavy atom. The molecule has 0 aliphatic carbocycles. The topological polar surface area (TPSA) is 61.5 Å². The number of hydrogen-bond acceptors (Lipinski definition) is 4. The fourth-order valence-electron chi connectivity index (χ4n) is 2.78. The van der Waals surface area contributed by atoms with Crippen molar-refractivity contribution < 1.29 is 9.53 Å². The number of rotatable bonds is 6. The first-order valence-electron chi connectivity index (χ1n) is 7.55. The van der Waals surface area contributed by atoms with E-state index < -0.39 is 0 Å². The Morgan fingerprint density at radius 2 is 2.19 bits per heavy atom. The molecule has 0 saturated carbocycles. The summed E-state index contributed by atoms with van der Waals surface area (Å²) in [5.74, 6) is 0.661. The number of carbonyl (C=O) groups is 1. The van der Waals surface area contributed by atoms with E-state index in [4.69, 9.17) is 4.74 Å². The van der Waals surface area contributed by atoms with E-state index in [2.05, 4.69) is 21.2 Å². The predicted molar refractivity (Wildman–Crippen MR) is 81.0 cm³/mol. The molecule has 0 spiro atoms. The Labute approximate surface area is 126 Å². The Morgan fingerprint density at radius 1 is 1.48 bits per heavy atom. The second-order valence-corrected chi connectivity index (χ2v) is 5.95. The lowest BCUT2D eigenvalue weighted by Crippen LogP contribution is -2.38. The van der Waals surface area contributed by atoms with Gasteiger partial charge in [0, 0.05) is 38.4 Å². The standard InChI is InChI=1S/C15H26N4O2/c1-18(2)11-13-10-14(17-16-13)12-4-7-19(8-5-12)15(20)6-9-21-3/h10,12H,4-9,11H2,1-3H3,(H,16,17). The lowest BCUT2D eigenvalue weighted by Gasteiger charge is -2.31. The number of hydrogen-bond donors (Lipinski definition) is 1. The molecule has 1 fully saturated rings. The van der Waals surface area contributed by atoms with Crippen LogP contribution in [0.5, 0.6) is 0 Å². The first-order valence-corrected chi connectivity index (χ1v) is 7.55. The van der Waals surface area contributed by atoms with E-state index in [1.54, 1.807) is 7.11 Å². The van der Waals surface area contributed by atoms with Gasteiger partial charge in [0.1, 0.15) is 0 Å². The van der Waals surface area contributed by atoms with Gasteiger partial charge in [-0.1, -0.05) is 0 Å². The van der Waals surface area contributed by atoms with Crippen LogP contribution in [0.3, 0.4) is 0 Å². The molecule has 1 amide bonds. The highest BCUT2D eigenvalue weighted by Gasteiger charge is 2.25. The van der Waals surface area contributed by atoms with Crippen LogP contribution in [0.25, 0.3) is 0 Å². The maximum absolute atomic E-state index is 11.9. The Hall–Kier alpha value is -1.40. The van der Waals surface area contributed by atoms with Crippen molar-refractivity contribution in [1.29, 1.82) is 0 Å². The summed E-state index contributed by atoms with van der Waals surface area (Å²) in [5, 5.41) is 7.54. The molecule has 1 aliphatic rings. The van der Waals surface area contributed by atoms with Crippen LogP contribution in [-0.2, 0) is 16.1 Å². The molecule has 6 heteroatoms. The van der Waals surface area contributed by atoms with Gasteiger partial charge in [-0.2, -0.15) is 5.10 Å². The molecule has 1 aromatic heterocycles. The van der Waals surface area contributed by atoms with E-state index in [0.29, 0.717) is 18.9 Å². The number of ether oxygens (including phenoxy) is 1. The Balaban J connectivity index is 1.83. The van der Waals surface area contributed by atoms with E-state index in [1.165, 1.54) is 0 Å². The maximum Gasteiger partial charge on any atom is 0.224 e. The van der Waals surface area contributed by atoms with Crippen molar-refractivity contribution in [2.75, 3.05) is 40.9 Å². The molecule has 0 radical (unpaired) electrons. The molecule has 21 heavy (non-hydrogen) atoms. The second kappa shape index (κ2) is 7.56. The van der Waals surface area contributed by atoms with Crippen molar-refractivity contribution in [3.63, 3.8) is 0 Å². The SMILES string of the molecule is COCCC(=O)N1CCC(c2cc(CN(C)C)[nH]n2)CC1. The summed E-state index contributed by atoms with van der Waals surface area (Å²) in [6.07, 6.45) is 2.46. The lowest BCUT2D eigenvalue weighted by molar-refractivity contribution is -0.133. The summed E-state index contributed by atoms with van der Waals surface area (Å²) in [7, 11) is 5.72. The molecule has 0 atom stereocenters. The van der Waals surface area contributed by atoms with Gasteiger partial charge in [-0.05, 0) is 33.0 Å². The maximum atomic E-state index is 11.9. The molecule has 1 aromatic rings. The average molecular weight is 294 g/mol. The van der Waals surface area contributed by atoms with Crippen LogP contribution in [0.4, 0.5) is 0 Å². The fraction of sp³-hybridized carbons (Fsp3) is 0.733. The lowest BCUT2D eigenvalue weighted by atomic mass is 9.93. The minimum absolute atomic E-state index is 0.200. The van der Waals surface area contributed by atoms with E-state index in [1.807, 2.05) is 19.0 Å². The van der Waals surface area contributed by atoms with Crippen LogP contribution < -0.4 is 0 Å². The molecular formula is C15H26N4O2. The highest BCUT2D eigenvalue weighted by molar-refractivity contribution is 5.76. The summed E-state index contributed by atoms with van der Waals surface area (Å²) < 4.78 is 4.96. The normalized spacial score (nSPS) is 16.7. The Kier molecular flexibility index (Phi) is 5.76. The number of aromatic nitrogens is 2. The zero-order chi connectivity index (χ0) is 15.2. The largest absolute Gasteiger partial charge is 0.384 e. The van der Waals surface area contributed by atoms with E-state index >= 15 is 0 Å². The van der Waals surface area contributed by atoms with Gasteiger partial charge in [0.05, 0.1) is 18.7 Å². The van der Waals surface area contributed by atoms with Gasteiger partial charge in [0.2, 0.25) is 5.91 Å². The molecule has 6 nitrogen and oxygen atoms in total. The molecule has 0 unspecified atom stereocenters. The predicted octanol–water partition coefficient (Wildman–Crippen LogP) is 1.21. The number of aromatic amines is 1. The van der Waals surface area contributed by atoms with Gasteiger partial charge in [-0.15, -0.1) is 0 Å². The van der Waals surface area contributed by atoms with Crippen LogP contribution in [0.15, 0.2) is 6.07 Å². The van der Waals surface area contributed by atoms with Crippen LogP contribution in [0, 0.1) is 0 Å². The third-order valence-corrected chi connectivity index (χ3v) is 3.92. The number of carbonyl (C=O) groups excluding carboxylic acids is 1. The smallest absolute Gasteiger partial charge is 0.224 e. The summed E-state index contributed by atoms with van der Waals surface area (Å²) in [4.78, 5) is 16.0. The molecule has 118 valence electrons. The van der Waals surface area contributed by atoms with Crippen molar-refractivity contribution >= 4 is 5.91 Å². The van der Waals surface area contributed by atoms with Gasteiger partial charge in [0.25, 0.3) is 0 Å². The van der Waals surface area contributed by atoms with Crippen LogP contribution >= 0.6 is 0 Å². The minimum Gasteiger partial charge on any atom is -0.384 e. The number of methoxy groups -OCH3 is 1. The summed E-state index contributed by atoms with van der Waals surface area (Å²) in [6, 6.07) is 2.16. The third-order valence-electron chi connectivity index (χ3n) is 3.92. The van der Waals surface area contributed by atoms with Crippen molar-refractivity contribution in [2.45, 2.75) is 31.7 Å². The Bertz CT molecular complexity index is 450. The molecule has 1 aliphatic heterocycles. The van der Waals surface area contributed by atoms with Crippen LogP contribution in [-0.4, -0.2) is 66.8 Å². The molecular weight excluding hydrogens is 268 g/mol. The van der Waals surface area contributed by atoms with E-state index in [-0.39, 0.29) is 5.91 Å². The summed E-state index contributed by atoms with van der Waals surface area (Å²) in [6.45, 7) is 3.03. The van der Waals surface area contributed by atoms with Gasteiger partial charge >= 0.3 is 0 Å². The fourth-order valence-corrected chi connectivity index (χ4v) is 2.78. The highest BCUT2D eigenvalue weighted by atomic mass is 16.5. The number of piperidine rings is 1. The number of nitrogens with one attached hydrogen (secondary N) is 1. The molecule has 2 rings (SSSR count). The first kappa shape index (κ1) is 16.0. The minimum atomic E-state index is 0.200. The first-order chi connectivity index (χ1) is 10.1. The van der Waals surface area contributed by atoms with Crippen molar-refractivity contribution in [3.05, 3.63) is 17.5 Å². The molecule has 0 bridgehead atoms. The second-order valence-electron chi connectivity index (χ2n) is 5.95. The van der Waals surface area contributed by atoms with Gasteiger partial charge in [-0.25, -0.2) is 0 Å². The van der Waals surface area contributed by atoms with Gasteiger partial charge in [0.15, 0.2) is 0 Å². The summed E-state index contributed by atoms with van der Waals surface area (Å²) in [5.41, 5.74) is 2.28. The van der Waals surface area contributed by atoms with Crippen LogP contribution in [0.1, 0.15) is 36.6 Å². The van der Waals surface area contributed by atoms with Crippen LogP contribution in [0.2, 0.25) is 0 Å². The average Bonchev–Trinajstić information content (AvgIpc) is 2.92. The van der Waals surface area contributed by atoms with E-state index in [9.17, 15) is 4.79 Å².